The molecule has 0 saturated heterocycles. The monoisotopic (exact) mass is 243 g/mol. The Labute approximate surface area is 99.2 Å². The van der Waals surface area contributed by atoms with Crippen LogP contribution >= 0.6 is 11.8 Å². The number of amides is 1. The zero-order valence-electron chi connectivity index (χ0n) is 9.53. The third-order valence-electron chi connectivity index (χ3n) is 2.05. The minimum Gasteiger partial charge on any atom is -0.444 e. The van der Waals surface area contributed by atoms with Crippen LogP contribution in [-0.2, 0) is 11.3 Å². The molecule has 1 heterocycles. The third kappa shape index (κ3) is 4.24. The highest BCUT2D eigenvalue weighted by Gasteiger charge is 2.13. The molecule has 0 aliphatic heterocycles. The van der Waals surface area contributed by atoms with Crippen molar-refractivity contribution in [2.24, 2.45) is 5.73 Å². The second kappa shape index (κ2) is 6.55. The Balaban J connectivity index is 2.29. The molecular formula is C10H17N3O2S. The molecule has 1 rings (SSSR count). The first-order chi connectivity index (χ1) is 7.63. The fourth-order valence-electron chi connectivity index (χ4n) is 1.15. The van der Waals surface area contributed by atoms with Gasteiger partial charge in [0.2, 0.25) is 11.8 Å². The maximum atomic E-state index is 11.5. The van der Waals surface area contributed by atoms with E-state index in [9.17, 15) is 4.79 Å². The molecule has 0 spiro atoms. The summed E-state index contributed by atoms with van der Waals surface area (Å²) in [7, 11) is 0. The third-order valence-corrected chi connectivity index (χ3v) is 2.70. The van der Waals surface area contributed by atoms with Crippen molar-refractivity contribution in [2.75, 3.05) is 12.0 Å². The van der Waals surface area contributed by atoms with Crippen LogP contribution in [0, 0.1) is 6.92 Å². The number of carbonyl (C=O) groups is 1. The van der Waals surface area contributed by atoms with Crippen LogP contribution in [0.15, 0.2) is 10.6 Å². The lowest BCUT2D eigenvalue weighted by Gasteiger charge is -2.10. The fourth-order valence-corrected chi connectivity index (χ4v) is 1.64. The molecule has 0 fully saturated rings. The number of aryl methyl sites for hydroxylation is 1. The SMILES string of the molecule is CSCC[C@@H](N)C(=O)NCc1ncc(C)o1. The molecule has 0 radical (unpaired) electrons. The molecule has 5 nitrogen and oxygen atoms in total. The van der Waals surface area contributed by atoms with E-state index >= 15 is 0 Å². The molecule has 0 aromatic carbocycles. The average Bonchev–Trinajstić information content (AvgIpc) is 2.68. The summed E-state index contributed by atoms with van der Waals surface area (Å²) in [6.45, 7) is 2.10. The van der Waals surface area contributed by atoms with E-state index in [1.54, 1.807) is 18.0 Å². The zero-order valence-corrected chi connectivity index (χ0v) is 10.3. The van der Waals surface area contributed by atoms with Crippen molar-refractivity contribution in [1.82, 2.24) is 10.3 Å². The summed E-state index contributed by atoms with van der Waals surface area (Å²) in [5, 5.41) is 2.69. The van der Waals surface area contributed by atoms with Gasteiger partial charge in [-0.25, -0.2) is 4.98 Å². The lowest BCUT2D eigenvalue weighted by atomic mass is 10.2. The fraction of sp³-hybridized carbons (Fsp3) is 0.600. The quantitative estimate of drug-likeness (QED) is 0.768. The number of thioether (sulfide) groups is 1. The van der Waals surface area contributed by atoms with Gasteiger partial charge in [0.15, 0.2) is 0 Å². The van der Waals surface area contributed by atoms with Crippen LogP contribution in [0.5, 0.6) is 0 Å². The van der Waals surface area contributed by atoms with Gasteiger partial charge in [-0.3, -0.25) is 4.79 Å². The number of hydrogen-bond donors (Lipinski definition) is 2. The number of nitrogens with zero attached hydrogens (tertiary/aromatic N) is 1. The van der Waals surface area contributed by atoms with Crippen LogP contribution in [0.1, 0.15) is 18.1 Å². The smallest absolute Gasteiger partial charge is 0.237 e. The highest BCUT2D eigenvalue weighted by atomic mass is 32.2. The van der Waals surface area contributed by atoms with E-state index in [2.05, 4.69) is 10.3 Å². The van der Waals surface area contributed by atoms with Crippen LogP contribution in [0.4, 0.5) is 0 Å². The average molecular weight is 243 g/mol. The standard InChI is InChI=1S/C10H17N3O2S/c1-7-5-12-9(15-7)6-13-10(14)8(11)3-4-16-2/h5,8H,3-4,6,11H2,1-2H3,(H,13,14)/t8-/m1/s1. The molecule has 3 N–H and O–H groups in total. The molecule has 0 bridgehead atoms. The van der Waals surface area contributed by atoms with E-state index in [0.29, 0.717) is 18.9 Å². The Bertz CT molecular complexity index is 341. The van der Waals surface area contributed by atoms with Crippen molar-refractivity contribution >= 4 is 17.7 Å². The van der Waals surface area contributed by atoms with Gasteiger partial charge in [0.05, 0.1) is 18.8 Å². The number of rotatable bonds is 6. The summed E-state index contributed by atoms with van der Waals surface area (Å²) >= 11 is 1.67. The van der Waals surface area contributed by atoms with Gasteiger partial charge in [0.25, 0.3) is 0 Å². The van der Waals surface area contributed by atoms with Crippen molar-refractivity contribution in [2.45, 2.75) is 25.9 Å². The molecule has 1 amide bonds. The Morgan fingerprint density at radius 1 is 1.75 bits per heavy atom. The summed E-state index contributed by atoms with van der Waals surface area (Å²) in [6.07, 6.45) is 4.28. The maximum absolute atomic E-state index is 11.5. The van der Waals surface area contributed by atoms with Gasteiger partial charge in [0.1, 0.15) is 5.76 Å². The van der Waals surface area contributed by atoms with Crippen LogP contribution in [0.2, 0.25) is 0 Å². The number of carbonyl (C=O) groups excluding carboxylic acids is 1. The van der Waals surface area contributed by atoms with Gasteiger partial charge in [-0.2, -0.15) is 11.8 Å². The molecule has 90 valence electrons. The maximum Gasteiger partial charge on any atom is 0.237 e. The van der Waals surface area contributed by atoms with E-state index in [1.807, 2.05) is 13.2 Å². The van der Waals surface area contributed by atoms with Gasteiger partial charge < -0.3 is 15.5 Å². The zero-order chi connectivity index (χ0) is 12.0. The normalized spacial score (nSPS) is 12.4. The second-order valence-electron chi connectivity index (χ2n) is 3.47. The number of hydrogen-bond acceptors (Lipinski definition) is 5. The number of oxazole rings is 1. The largest absolute Gasteiger partial charge is 0.444 e. The highest BCUT2D eigenvalue weighted by Crippen LogP contribution is 2.02. The lowest BCUT2D eigenvalue weighted by Crippen LogP contribution is -2.40. The van der Waals surface area contributed by atoms with Gasteiger partial charge in [0, 0.05) is 0 Å². The van der Waals surface area contributed by atoms with E-state index in [0.717, 1.165) is 11.5 Å². The lowest BCUT2D eigenvalue weighted by molar-refractivity contribution is -0.122. The molecule has 0 unspecified atom stereocenters. The minimum atomic E-state index is -0.455. The van der Waals surface area contributed by atoms with E-state index in [1.165, 1.54) is 0 Å². The topological polar surface area (TPSA) is 81.2 Å². The highest BCUT2D eigenvalue weighted by molar-refractivity contribution is 7.98. The second-order valence-corrected chi connectivity index (χ2v) is 4.46. The summed E-state index contributed by atoms with van der Waals surface area (Å²) in [6, 6.07) is -0.455. The molecule has 0 saturated carbocycles. The van der Waals surface area contributed by atoms with Crippen molar-refractivity contribution in [3.8, 4) is 0 Å². The predicted molar refractivity (Wildman–Crippen MR) is 64.1 cm³/mol. The Kier molecular flexibility index (Phi) is 5.34. The van der Waals surface area contributed by atoms with Crippen molar-refractivity contribution in [3.05, 3.63) is 17.8 Å². The van der Waals surface area contributed by atoms with E-state index in [4.69, 9.17) is 10.2 Å². The van der Waals surface area contributed by atoms with E-state index in [-0.39, 0.29) is 5.91 Å². The Morgan fingerprint density at radius 2 is 2.50 bits per heavy atom. The van der Waals surface area contributed by atoms with Gasteiger partial charge in [-0.05, 0) is 25.4 Å². The summed E-state index contributed by atoms with van der Waals surface area (Å²) in [4.78, 5) is 15.5. The molecule has 0 aliphatic rings. The Hall–Kier alpha value is -1.01. The molecule has 0 aliphatic carbocycles. The van der Waals surface area contributed by atoms with Crippen LogP contribution < -0.4 is 11.1 Å². The number of nitrogens with one attached hydrogen (secondary N) is 1. The first-order valence-electron chi connectivity index (χ1n) is 5.07. The first-order valence-corrected chi connectivity index (χ1v) is 6.46. The van der Waals surface area contributed by atoms with Crippen molar-refractivity contribution in [3.63, 3.8) is 0 Å². The van der Waals surface area contributed by atoms with Crippen LogP contribution in [0.25, 0.3) is 0 Å². The molecule has 1 atom stereocenters. The first kappa shape index (κ1) is 13.1. The van der Waals surface area contributed by atoms with E-state index < -0.39 is 6.04 Å². The molecular weight excluding hydrogens is 226 g/mol. The molecule has 1 aromatic rings. The summed E-state index contributed by atoms with van der Waals surface area (Å²) < 4.78 is 5.22. The van der Waals surface area contributed by atoms with Crippen molar-refractivity contribution in [1.29, 1.82) is 0 Å². The minimum absolute atomic E-state index is 0.162. The van der Waals surface area contributed by atoms with Gasteiger partial charge in [-0.15, -0.1) is 0 Å². The Morgan fingerprint density at radius 3 is 3.06 bits per heavy atom. The molecule has 16 heavy (non-hydrogen) atoms. The van der Waals surface area contributed by atoms with Crippen LogP contribution in [-0.4, -0.2) is 28.9 Å². The van der Waals surface area contributed by atoms with Crippen LogP contribution in [0.3, 0.4) is 0 Å². The number of nitrogens with two attached hydrogens (primary N) is 1. The molecule has 1 aromatic heterocycles. The summed E-state index contributed by atoms with van der Waals surface area (Å²) in [5.74, 6) is 1.95. The van der Waals surface area contributed by atoms with Crippen molar-refractivity contribution < 1.29 is 9.21 Å². The van der Waals surface area contributed by atoms with Gasteiger partial charge in [-0.1, -0.05) is 0 Å². The van der Waals surface area contributed by atoms with Gasteiger partial charge >= 0.3 is 0 Å². The number of aromatic nitrogens is 1. The molecule has 6 heteroatoms. The summed E-state index contributed by atoms with van der Waals surface area (Å²) in [5.41, 5.74) is 5.70. The predicted octanol–water partition coefficient (Wildman–Crippen LogP) is 0.680.